The molecular formula is C20H28O4. The molecular weight excluding hydrogens is 304 g/mol. The van der Waals surface area contributed by atoms with Crippen LogP contribution in [0.5, 0.6) is 0 Å². The van der Waals surface area contributed by atoms with Crippen LogP contribution in [0.2, 0.25) is 0 Å². The second-order valence-electron chi connectivity index (χ2n) is 6.87. The molecule has 4 heteroatoms. The molecule has 24 heavy (non-hydrogen) atoms. The highest BCUT2D eigenvalue weighted by molar-refractivity contribution is 5.91. The number of carbonyl (C=O) groups is 2. The molecule has 3 unspecified atom stereocenters. The van der Waals surface area contributed by atoms with Gasteiger partial charge in [-0.1, -0.05) is 32.1 Å². The van der Waals surface area contributed by atoms with Gasteiger partial charge in [0.1, 0.15) is 12.7 Å². The lowest BCUT2D eigenvalue weighted by molar-refractivity contribution is -0.147. The van der Waals surface area contributed by atoms with E-state index in [4.69, 9.17) is 9.47 Å². The molecule has 3 atom stereocenters. The molecule has 0 bridgehead atoms. The Kier molecular flexibility index (Phi) is 6.41. The van der Waals surface area contributed by atoms with Gasteiger partial charge >= 0.3 is 11.9 Å². The largest absolute Gasteiger partial charge is 0.461 e. The molecule has 0 aromatic heterocycles. The lowest BCUT2D eigenvalue weighted by Gasteiger charge is -2.19. The molecule has 1 aliphatic heterocycles. The van der Waals surface area contributed by atoms with Crippen LogP contribution < -0.4 is 0 Å². The number of hydrogen-bond donors (Lipinski definition) is 0. The van der Waals surface area contributed by atoms with Gasteiger partial charge in [-0.05, 0) is 50.7 Å². The Morgan fingerprint density at radius 1 is 1.46 bits per heavy atom. The summed E-state index contributed by atoms with van der Waals surface area (Å²) in [6.07, 6.45) is 8.19. The first-order valence-electron chi connectivity index (χ1n) is 8.84. The van der Waals surface area contributed by atoms with Gasteiger partial charge in [0, 0.05) is 11.5 Å². The summed E-state index contributed by atoms with van der Waals surface area (Å²) in [5.74, 6) is -0.562. The Hall–Kier alpha value is -1.84. The van der Waals surface area contributed by atoms with E-state index in [0.29, 0.717) is 5.57 Å². The van der Waals surface area contributed by atoms with Crippen molar-refractivity contribution in [1.29, 1.82) is 0 Å². The van der Waals surface area contributed by atoms with Gasteiger partial charge in [-0.15, -0.1) is 0 Å². The van der Waals surface area contributed by atoms with Gasteiger partial charge in [0.2, 0.25) is 0 Å². The average Bonchev–Trinajstić information content (AvgIpc) is 2.83. The van der Waals surface area contributed by atoms with Crippen LogP contribution >= 0.6 is 0 Å². The van der Waals surface area contributed by atoms with Crippen molar-refractivity contribution in [3.8, 4) is 0 Å². The van der Waals surface area contributed by atoms with E-state index in [1.54, 1.807) is 0 Å². The summed E-state index contributed by atoms with van der Waals surface area (Å²) in [6.45, 7) is 10.1. The molecule has 0 saturated carbocycles. The fourth-order valence-electron chi connectivity index (χ4n) is 3.02. The lowest BCUT2D eigenvalue weighted by atomic mass is 9.88. The van der Waals surface area contributed by atoms with E-state index in [2.05, 4.69) is 19.6 Å². The highest BCUT2D eigenvalue weighted by Crippen LogP contribution is 2.34. The van der Waals surface area contributed by atoms with E-state index in [1.807, 2.05) is 19.9 Å². The fourth-order valence-corrected chi connectivity index (χ4v) is 3.02. The van der Waals surface area contributed by atoms with Gasteiger partial charge in [-0.2, -0.15) is 0 Å². The van der Waals surface area contributed by atoms with E-state index >= 15 is 0 Å². The number of carbonyl (C=O) groups excluding carboxylic acids is 2. The minimum atomic E-state index is -0.307. The smallest absolute Gasteiger partial charge is 0.334 e. The maximum Gasteiger partial charge on any atom is 0.334 e. The van der Waals surface area contributed by atoms with Crippen molar-refractivity contribution in [2.45, 2.75) is 59.0 Å². The zero-order chi connectivity index (χ0) is 17.7. The number of rotatable bonds is 4. The molecule has 1 fully saturated rings. The molecule has 0 amide bonds. The molecule has 0 spiro atoms. The van der Waals surface area contributed by atoms with Crippen molar-refractivity contribution < 1.29 is 19.1 Å². The maximum absolute atomic E-state index is 11.9. The zero-order valence-electron chi connectivity index (χ0n) is 15.0. The van der Waals surface area contributed by atoms with Gasteiger partial charge < -0.3 is 9.47 Å². The van der Waals surface area contributed by atoms with Crippen molar-refractivity contribution in [3.05, 3.63) is 35.5 Å². The predicted molar refractivity (Wildman–Crippen MR) is 93.2 cm³/mol. The summed E-state index contributed by atoms with van der Waals surface area (Å²) in [5.41, 5.74) is 2.88. The Morgan fingerprint density at radius 2 is 2.21 bits per heavy atom. The third-order valence-electron chi connectivity index (χ3n) is 4.97. The number of hydrogen-bond acceptors (Lipinski definition) is 4. The molecule has 1 heterocycles. The first-order valence-corrected chi connectivity index (χ1v) is 8.84. The molecule has 132 valence electrons. The van der Waals surface area contributed by atoms with E-state index in [9.17, 15) is 9.59 Å². The summed E-state index contributed by atoms with van der Waals surface area (Å²) >= 11 is 0. The van der Waals surface area contributed by atoms with Crippen LogP contribution in [0.15, 0.2) is 35.5 Å². The van der Waals surface area contributed by atoms with Crippen LogP contribution in [-0.2, 0) is 19.1 Å². The highest BCUT2D eigenvalue weighted by atomic mass is 16.6. The van der Waals surface area contributed by atoms with E-state index in [0.717, 1.165) is 37.7 Å². The standard InChI is InChI=1S/C20H28O4/c1-5-14(3)19(21)23-12-16-8-6-7-13(2)9-10-17-15(4)20(22)24-18(17)11-16/h7,11,14,17-18H,4-6,8-10,12H2,1-3H3. The highest BCUT2D eigenvalue weighted by Gasteiger charge is 2.37. The molecule has 0 aromatic carbocycles. The minimum Gasteiger partial charge on any atom is -0.461 e. The predicted octanol–water partition coefficient (Wildman–Crippen LogP) is 4.12. The van der Waals surface area contributed by atoms with Crippen LogP contribution in [0.4, 0.5) is 0 Å². The van der Waals surface area contributed by atoms with Crippen molar-refractivity contribution >= 4 is 11.9 Å². The van der Waals surface area contributed by atoms with Crippen LogP contribution in [0.1, 0.15) is 52.9 Å². The quantitative estimate of drug-likeness (QED) is 0.441. The van der Waals surface area contributed by atoms with Crippen LogP contribution in [0.3, 0.4) is 0 Å². The van der Waals surface area contributed by atoms with Gasteiger partial charge in [0.25, 0.3) is 0 Å². The monoisotopic (exact) mass is 332 g/mol. The Labute approximate surface area is 144 Å². The first kappa shape index (κ1) is 18.5. The van der Waals surface area contributed by atoms with Crippen molar-refractivity contribution in [2.24, 2.45) is 11.8 Å². The van der Waals surface area contributed by atoms with Gasteiger partial charge in [-0.25, -0.2) is 4.79 Å². The lowest BCUT2D eigenvalue weighted by Crippen LogP contribution is -2.19. The number of ether oxygens (including phenoxy) is 2. The van der Waals surface area contributed by atoms with Crippen LogP contribution in [0.25, 0.3) is 0 Å². The summed E-state index contributed by atoms with van der Waals surface area (Å²) in [6, 6.07) is 0. The zero-order valence-corrected chi connectivity index (χ0v) is 15.0. The van der Waals surface area contributed by atoms with E-state index in [-0.39, 0.29) is 36.5 Å². The third-order valence-corrected chi connectivity index (χ3v) is 4.97. The summed E-state index contributed by atoms with van der Waals surface area (Å²) in [5, 5.41) is 0. The van der Waals surface area contributed by atoms with Crippen molar-refractivity contribution in [2.75, 3.05) is 6.61 Å². The fraction of sp³-hybridized carbons (Fsp3) is 0.600. The Morgan fingerprint density at radius 3 is 2.92 bits per heavy atom. The number of allylic oxidation sites excluding steroid dienone is 2. The Bertz CT molecular complexity index is 570. The van der Waals surface area contributed by atoms with Crippen molar-refractivity contribution in [1.82, 2.24) is 0 Å². The molecule has 0 N–H and O–H groups in total. The minimum absolute atomic E-state index is 0.0132. The van der Waals surface area contributed by atoms with Crippen molar-refractivity contribution in [3.63, 3.8) is 0 Å². The van der Waals surface area contributed by atoms with E-state index < -0.39 is 0 Å². The van der Waals surface area contributed by atoms with Crippen LogP contribution in [0, 0.1) is 11.8 Å². The van der Waals surface area contributed by atoms with Crippen LogP contribution in [-0.4, -0.2) is 24.6 Å². The topological polar surface area (TPSA) is 52.6 Å². The SMILES string of the molecule is C=C1C(=O)OC2C=C(COC(=O)C(C)CC)CCC=C(C)CCC12. The summed E-state index contributed by atoms with van der Waals surface area (Å²) in [4.78, 5) is 23.8. The summed E-state index contributed by atoms with van der Waals surface area (Å²) in [7, 11) is 0. The molecule has 0 aromatic rings. The summed E-state index contributed by atoms with van der Waals surface area (Å²) < 4.78 is 10.9. The molecule has 1 aliphatic carbocycles. The molecule has 0 radical (unpaired) electrons. The third kappa shape index (κ3) is 4.59. The second-order valence-corrected chi connectivity index (χ2v) is 6.87. The molecule has 4 nitrogen and oxygen atoms in total. The molecule has 2 aliphatic rings. The number of esters is 2. The van der Waals surface area contributed by atoms with Gasteiger partial charge in [0.15, 0.2) is 0 Å². The normalized spacial score (nSPS) is 26.0. The number of fused-ring (bicyclic) bond motifs is 1. The first-order chi connectivity index (χ1) is 11.4. The average molecular weight is 332 g/mol. The van der Waals surface area contributed by atoms with E-state index in [1.165, 1.54) is 5.57 Å². The molecule has 1 saturated heterocycles. The van der Waals surface area contributed by atoms with Gasteiger partial charge in [0.05, 0.1) is 5.92 Å². The molecule has 2 rings (SSSR count). The Balaban J connectivity index is 2.13. The van der Waals surface area contributed by atoms with Gasteiger partial charge in [-0.3, -0.25) is 4.79 Å². The maximum atomic E-state index is 11.9. The second kappa shape index (κ2) is 8.32.